The van der Waals surface area contributed by atoms with E-state index in [9.17, 15) is 4.79 Å². The number of benzene rings is 2. The van der Waals surface area contributed by atoms with E-state index in [1.807, 2.05) is 55.5 Å². The van der Waals surface area contributed by atoms with Crippen LogP contribution in [0.4, 0.5) is 0 Å². The highest BCUT2D eigenvalue weighted by atomic mass is 16.1. The predicted molar refractivity (Wildman–Crippen MR) is 72.5 cm³/mol. The lowest BCUT2D eigenvalue weighted by atomic mass is 10.0. The average Bonchev–Trinajstić information content (AvgIpc) is 2.40. The number of aromatic nitrogens is 2. The molecule has 1 heterocycles. The molecule has 18 heavy (non-hydrogen) atoms. The Balaban J connectivity index is 2.43. The van der Waals surface area contributed by atoms with Crippen molar-refractivity contribution in [2.75, 3.05) is 0 Å². The van der Waals surface area contributed by atoms with Crippen LogP contribution in [0.1, 0.15) is 5.56 Å². The molecule has 0 amide bonds. The second-order valence-electron chi connectivity index (χ2n) is 4.25. The number of hydrogen-bond donors (Lipinski definition) is 1. The van der Waals surface area contributed by atoms with Crippen molar-refractivity contribution in [1.82, 2.24) is 9.97 Å². The molecule has 3 rings (SSSR count). The first-order chi connectivity index (χ1) is 8.75. The fourth-order valence-corrected chi connectivity index (χ4v) is 2.15. The number of aromatic amines is 1. The van der Waals surface area contributed by atoms with Crippen molar-refractivity contribution in [3.05, 3.63) is 64.6 Å². The molecule has 0 aliphatic rings. The van der Waals surface area contributed by atoms with Crippen LogP contribution in [-0.4, -0.2) is 9.97 Å². The minimum atomic E-state index is -0.310. The van der Waals surface area contributed by atoms with E-state index in [-0.39, 0.29) is 5.69 Å². The van der Waals surface area contributed by atoms with Crippen molar-refractivity contribution >= 4 is 10.9 Å². The number of aryl methyl sites for hydroxylation is 1. The van der Waals surface area contributed by atoms with Gasteiger partial charge in [-0.25, -0.2) is 4.79 Å². The van der Waals surface area contributed by atoms with Crippen LogP contribution >= 0.6 is 0 Å². The lowest BCUT2D eigenvalue weighted by molar-refractivity contribution is 1.12. The molecular weight excluding hydrogens is 224 g/mol. The van der Waals surface area contributed by atoms with Gasteiger partial charge < -0.3 is 4.98 Å². The maximum atomic E-state index is 11.7. The molecule has 0 radical (unpaired) electrons. The van der Waals surface area contributed by atoms with Gasteiger partial charge in [0.2, 0.25) is 0 Å². The average molecular weight is 236 g/mol. The Kier molecular flexibility index (Phi) is 2.45. The van der Waals surface area contributed by atoms with Crippen LogP contribution in [0.5, 0.6) is 0 Å². The fraction of sp³-hybridized carbons (Fsp3) is 0.0667. The molecule has 3 aromatic rings. The van der Waals surface area contributed by atoms with Gasteiger partial charge in [-0.3, -0.25) is 0 Å². The van der Waals surface area contributed by atoms with Gasteiger partial charge in [0.15, 0.2) is 0 Å². The molecule has 0 saturated carbocycles. The topological polar surface area (TPSA) is 45.8 Å². The summed E-state index contributed by atoms with van der Waals surface area (Å²) in [5.74, 6) is 0. The van der Waals surface area contributed by atoms with Crippen LogP contribution in [0.3, 0.4) is 0 Å². The van der Waals surface area contributed by atoms with Gasteiger partial charge in [-0.1, -0.05) is 48.5 Å². The van der Waals surface area contributed by atoms with E-state index in [0.29, 0.717) is 0 Å². The van der Waals surface area contributed by atoms with Crippen LogP contribution < -0.4 is 5.69 Å². The van der Waals surface area contributed by atoms with Crippen molar-refractivity contribution in [1.29, 1.82) is 0 Å². The second-order valence-corrected chi connectivity index (χ2v) is 4.25. The third-order valence-corrected chi connectivity index (χ3v) is 3.01. The van der Waals surface area contributed by atoms with E-state index in [0.717, 1.165) is 27.7 Å². The SMILES string of the molecule is Cc1cccc2c(-c3ccccc3)[nH]c(=O)nc12. The van der Waals surface area contributed by atoms with Crippen molar-refractivity contribution in [3.8, 4) is 11.3 Å². The Labute approximate surface area is 104 Å². The summed E-state index contributed by atoms with van der Waals surface area (Å²) < 4.78 is 0. The normalized spacial score (nSPS) is 10.7. The smallest absolute Gasteiger partial charge is 0.305 e. The highest BCUT2D eigenvalue weighted by Crippen LogP contribution is 2.25. The number of fused-ring (bicyclic) bond motifs is 1. The number of nitrogens with zero attached hydrogens (tertiary/aromatic N) is 1. The van der Waals surface area contributed by atoms with E-state index in [4.69, 9.17) is 0 Å². The van der Waals surface area contributed by atoms with Crippen molar-refractivity contribution in [2.45, 2.75) is 6.92 Å². The number of rotatable bonds is 1. The van der Waals surface area contributed by atoms with Crippen molar-refractivity contribution < 1.29 is 0 Å². The van der Waals surface area contributed by atoms with E-state index in [2.05, 4.69) is 9.97 Å². The molecule has 1 aromatic heterocycles. The third kappa shape index (κ3) is 1.70. The third-order valence-electron chi connectivity index (χ3n) is 3.01. The molecule has 0 saturated heterocycles. The van der Waals surface area contributed by atoms with E-state index in [1.165, 1.54) is 0 Å². The summed E-state index contributed by atoms with van der Waals surface area (Å²) in [5, 5.41) is 0.973. The largest absolute Gasteiger partial charge is 0.345 e. The monoisotopic (exact) mass is 236 g/mol. The Morgan fingerprint density at radius 2 is 1.78 bits per heavy atom. The fourth-order valence-electron chi connectivity index (χ4n) is 2.15. The van der Waals surface area contributed by atoms with Gasteiger partial charge in [-0.05, 0) is 18.1 Å². The Hall–Kier alpha value is -2.42. The summed E-state index contributed by atoms with van der Waals surface area (Å²) in [6, 6.07) is 15.7. The van der Waals surface area contributed by atoms with Gasteiger partial charge in [0.25, 0.3) is 0 Å². The van der Waals surface area contributed by atoms with Gasteiger partial charge in [0, 0.05) is 5.39 Å². The van der Waals surface area contributed by atoms with Crippen molar-refractivity contribution in [3.63, 3.8) is 0 Å². The first-order valence-corrected chi connectivity index (χ1v) is 5.81. The zero-order valence-electron chi connectivity index (χ0n) is 9.97. The molecule has 0 unspecified atom stereocenters. The van der Waals surface area contributed by atoms with Crippen LogP contribution in [0.25, 0.3) is 22.2 Å². The van der Waals surface area contributed by atoms with Crippen LogP contribution in [0.15, 0.2) is 53.3 Å². The molecule has 0 fully saturated rings. The molecule has 88 valence electrons. The highest BCUT2D eigenvalue weighted by Gasteiger charge is 2.07. The first-order valence-electron chi connectivity index (χ1n) is 5.81. The summed E-state index contributed by atoms with van der Waals surface area (Å²) >= 11 is 0. The molecule has 0 aliphatic heterocycles. The summed E-state index contributed by atoms with van der Waals surface area (Å²) in [6.45, 7) is 1.96. The van der Waals surface area contributed by atoms with Gasteiger partial charge >= 0.3 is 5.69 Å². The summed E-state index contributed by atoms with van der Waals surface area (Å²) in [7, 11) is 0. The molecule has 0 aliphatic carbocycles. The Bertz CT molecular complexity index is 760. The Morgan fingerprint density at radius 1 is 1.00 bits per heavy atom. The van der Waals surface area contributed by atoms with Crippen LogP contribution in [-0.2, 0) is 0 Å². The van der Waals surface area contributed by atoms with Gasteiger partial charge in [-0.15, -0.1) is 0 Å². The number of nitrogens with one attached hydrogen (secondary N) is 1. The minimum absolute atomic E-state index is 0.310. The molecule has 1 N–H and O–H groups in total. The van der Waals surface area contributed by atoms with Crippen molar-refractivity contribution in [2.24, 2.45) is 0 Å². The lowest BCUT2D eigenvalue weighted by Crippen LogP contribution is -2.11. The molecule has 0 spiro atoms. The zero-order chi connectivity index (χ0) is 12.5. The number of para-hydroxylation sites is 1. The summed E-state index contributed by atoms with van der Waals surface area (Å²) in [5.41, 5.74) is 3.29. The van der Waals surface area contributed by atoms with Gasteiger partial charge in [0.05, 0.1) is 11.2 Å². The standard InChI is InChI=1S/C15H12N2O/c1-10-6-5-9-12-13(10)16-15(18)17-14(12)11-7-3-2-4-8-11/h2-9H,1H3,(H,16,17,18). The lowest BCUT2D eigenvalue weighted by Gasteiger charge is -2.07. The quantitative estimate of drug-likeness (QED) is 0.706. The zero-order valence-corrected chi connectivity index (χ0v) is 9.97. The minimum Gasteiger partial charge on any atom is -0.305 e. The number of H-pyrrole nitrogens is 1. The molecular formula is C15H12N2O. The maximum absolute atomic E-state index is 11.7. The van der Waals surface area contributed by atoms with E-state index in [1.54, 1.807) is 0 Å². The second kappa shape index (κ2) is 4.11. The van der Waals surface area contributed by atoms with Gasteiger partial charge in [-0.2, -0.15) is 4.98 Å². The summed E-state index contributed by atoms with van der Waals surface area (Å²) in [6.07, 6.45) is 0. The molecule has 3 heteroatoms. The highest BCUT2D eigenvalue weighted by molar-refractivity contribution is 5.93. The maximum Gasteiger partial charge on any atom is 0.345 e. The Morgan fingerprint density at radius 3 is 2.56 bits per heavy atom. The molecule has 0 bridgehead atoms. The van der Waals surface area contributed by atoms with E-state index < -0.39 is 0 Å². The predicted octanol–water partition coefficient (Wildman–Crippen LogP) is 2.90. The first kappa shape index (κ1) is 10.7. The van der Waals surface area contributed by atoms with Crippen LogP contribution in [0, 0.1) is 6.92 Å². The van der Waals surface area contributed by atoms with Crippen LogP contribution in [0.2, 0.25) is 0 Å². The molecule has 2 aromatic carbocycles. The molecule has 3 nitrogen and oxygen atoms in total. The molecule has 0 atom stereocenters. The summed E-state index contributed by atoms with van der Waals surface area (Å²) in [4.78, 5) is 18.5. The van der Waals surface area contributed by atoms with E-state index >= 15 is 0 Å². The van der Waals surface area contributed by atoms with Gasteiger partial charge in [0.1, 0.15) is 0 Å². The number of hydrogen-bond acceptors (Lipinski definition) is 2.